The quantitative estimate of drug-likeness (QED) is 0.0430. The van der Waals surface area contributed by atoms with Gasteiger partial charge in [-0.25, -0.2) is 0 Å². The number of nitrogen functional groups attached to an aromatic ring is 2. The maximum absolute atomic E-state index is 13.2. The van der Waals surface area contributed by atoms with Crippen LogP contribution < -0.4 is 11.5 Å². The van der Waals surface area contributed by atoms with Crippen molar-refractivity contribution < 1.29 is 38.1 Å². The fourth-order valence-electron chi connectivity index (χ4n) is 12.3. The molecule has 3 unspecified atom stereocenters. The summed E-state index contributed by atoms with van der Waals surface area (Å²) in [5.41, 5.74) is 17.6. The second kappa shape index (κ2) is 25.5. The molecule has 10 nitrogen and oxygen atoms in total. The SMILES string of the molecule is CC(C)CCC[C@@H](C)[C@H]1CCC2C3CC=C4C[C@@H](OC(=O)CCC(=O)OC[C@H](CCOC(=O)Cc5c(I)cc(I)c(N)c5I)OC(=O)CCc5c(I)cc(I)c(N)c5I)CC[C@]4(C)C3CC[C@@]21C. The first-order chi connectivity index (χ1) is 32.1. The molecule has 376 valence electrons. The third-order valence-electron chi connectivity index (χ3n) is 16.0. The second-order valence-corrected chi connectivity index (χ2v) is 27.5. The molecule has 0 heterocycles. The summed E-state index contributed by atoms with van der Waals surface area (Å²) in [5, 5.41) is 0. The zero-order valence-corrected chi connectivity index (χ0v) is 52.9. The van der Waals surface area contributed by atoms with Crippen LogP contribution in [0.3, 0.4) is 0 Å². The van der Waals surface area contributed by atoms with Crippen molar-refractivity contribution in [3.05, 3.63) is 56.3 Å². The summed E-state index contributed by atoms with van der Waals surface area (Å²) in [5.74, 6) is 2.68. The molecular formula is C52H68I6N2O8. The first-order valence-electron chi connectivity index (χ1n) is 24.4. The summed E-state index contributed by atoms with van der Waals surface area (Å²) in [6, 6.07) is 3.91. The number of anilines is 2. The Morgan fingerprint density at radius 1 is 0.721 bits per heavy atom. The van der Waals surface area contributed by atoms with E-state index in [1.165, 1.54) is 50.5 Å². The summed E-state index contributed by atoms with van der Waals surface area (Å²) in [6.45, 7) is 12.0. The van der Waals surface area contributed by atoms with Gasteiger partial charge in [-0.15, -0.1) is 0 Å². The lowest BCUT2D eigenvalue weighted by Crippen LogP contribution is -2.51. The summed E-state index contributed by atoms with van der Waals surface area (Å²) in [6.07, 6.45) is 15.0. The molecule has 4 N–H and O–H groups in total. The van der Waals surface area contributed by atoms with Gasteiger partial charge in [0.2, 0.25) is 0 Å². The number of benzene rings is 2. The molecule has 3 saturated carbocycles. The zero-order valence-electron chi connectivity index (χ0n) is 40.0. The lowest BCUT2D eigenvalue weighted by atomic mass is 9.47. The minimum absolute atomic E-state index is 0.0288. The van der Waals surface area contributed by atoms with Gasteiger partial charge in [0.15, 0.2) is 0 Å². The van der Waals surface area contributed by atoms with Crippen molar-refractivity contribution >= 4 is 171 Å². The Balaban J connectivity index is 0.987. The number of nitrogens with two attached hydrogens (primary N) is 2. The molecule has 9 atom stereocenters. The number of ether oxygens (including phenoxy) is 4. The van der Waals surface area contributed by atoms with Crippen LogP contribution in [0.5, 0.6) is 0 Å². The first-order valence-corrected chi connectivity index (χ1v) is 30.8. The highest BCUT2D eigenvalue weighted by Crippen LogP contribution is 2.67. The minimum Gasteiger partial charge on any atom is -0.465 e. The summed E-state index contributed by atoms with van der Waals surface area (Å²) >= 11 is 13.1. The van der Waals surface area contributed by atoms with E-state index in [9.17, 15) is 19.2 Å². The van der Waals surface area contributed by atoms with Gasteiger partial charge in [-0.3, -0.25) is 19.2 Å². The second-order valence-electron chi connectivity index (χ2n) is 20.7. The van der Waals surface area contributed by atoms with E-state index in [1.54, 1.807) is 0 Å². The Labute approximate surface area is 486 Å². The third kappa shape index (κ3) is 14.0. The van der Waals surface area contributed by atoms with Crippen LogP contribution in [0.15, 0.2) is 23.8 Å². The standard InChI is InChI=1S/C52H68I6N2O8/c1-28(2)7-6-8-29(3)36-12-13-37-33-10-9-30-23-31(17-20-51(30,4)38(33)18-21-52(36,37)5)67-45(63)16-15-43(61)66-27-32(68-44(62)14-11-34-39(53)25-41(55)49(59)47(34)57)19-22-65-46(64)24-35-40(54)26-42(56)50(60)48(35)58/h9,25-26,28-29,31-33,36-38H,6-8,10-24,27,59-60H2,1-5H3/t29-,31+,32+,33?,36-,37?,38?,51+,52-/m1/s1. The maximum Gasteiger partial charge on any atom is 0.310 e. The van der Waals surface area contributed by atoms with Gasteiger partial charge in [-0.1, -0.05) is 65.5 Å². The van der Waals surface area contributed by atoms with E-state index in [4.69, 9.17) is 30.4 Å². The Bertz CT molecular complexity index is 2220. The molecule has 0 amide bonds. The lowest BCUT2D eigenvalue weighted by molar-refractivity contribution is -0.162. The van der Waals surface area contributed by atoms with Crippen LogP contribution >= 0.6 is 136 Å². The Morgan fingerprint density at radius 3 is 2.07 bits per heavy atom. The summed E-state index contributed by atoms with van der Waals surface area (Å²) in [4.78, 5) is 52.5. The number of hydrogen-bond acceptors (Lipinski definition) is 10. The van der Waals surface area contributed by atoms with Crippen LogP contribution in [0, 0.1) is 67.8 Å². The van der Waals surface area contributed by atoms with Gasteiger partial charge in [-0.05, 0) is 257 Å². The first kappa shape index (κ1) is 57.3. The highest BCUT2D eigenvalue weighted by atomic mass is 127. The molecule has 4 aliphatic carbocycles. The van der Waals surface area contributed by atoms with E-state index in [2.05, 4.69) is 176 Å². The van der Waals surface area contributed by atoms with Crippen molar-refractivity contribution in [2.45, 2.75) is 156 Å². The highest BCUT2D eigenvalue weighted by molar-refractivity contribution is 14.1. The predicted octanol–water partition coefficient (Wildman–Crippen LogP) is 13.8. The number of halogens is 6. The van der Waals surface area contributed by atoms with Gasteiger partial charge in [0, 0.05) is 40.7 Å². The predicted molar refractivity (Wildman–Crippen MR) is 319 cm³/mol. The zero-order chi connectivity index (χ0) is 49.7. The van der Waals surface area contributed by atoms with Gasteiger partial charge in [0.05, 0.1) is 37.2 Å². The van der Waals surface area contributed by atoms with Crippen molar-refractivity contribution in [2.24, 2.45) is 46.3 Å². The summed E-state index contributed by atoms with van der Waals surface area (Å²) < 4.78 is 28.5. The van der Waals surface area contributed by atoms with Crippen LogP contribution in [-0.2, 0) is 51.0 Å². The molecule has 0 aliphatic heterocycles. The van der Waals surface area contributed by atoms with Gasteiger partial charge >= 0.3 is 23.9 Å². The smallest absolute Gasteiger partial charge is 0.310 e. The molecule has 2 aromatic rings. The van der Waals surface area contributed by atoms with Crippen molar-refractivity contribution in [3.8, 4) is 0 Å². The Kier molecular flexibility index (Phi) is 21.5. The number of carbonyl (C=O) groups is 4. The Hall–Kier alpha value is 0.0400. The van der Waals surface area contributed by atoms with E-state index in [0.29, 0.717) is 29.1 Å². The monoisotopic (exact) mass is 1610 g/mol. The van der Waals surface area contributed by atoms with Gasteiger partial charge in [0.25, 0.3) is 0 Å². The van der Waals surface area contributed by atoms with E-state index >= 15 is 0 Å². The number of allylic oxidation sites excluding steroid dienone is 1. The van der Waals surface area contributed by atoms with Crippen LogP contribution in [0.25, 0.3) is 0 Å². The van der Waals surface area contributed by atoms with E-state index in [0.717, 1.165) is 87.8 Å². The van der Waals surface area contributed by atoms with E-state index in [-0.39, 0.29) is 56.8 Å². The number of carbonyl (C=O) groups excluding carboxylic acids is 4. The van der Waals surface area contributed by atoms with Gasteiger partial charge < -0.3 is 30.4 Å². The largest absolute Gasteiger partial charge is 0.465 e. The number of hydrogen-bond donors (Lipinski definition) is 2. The van der Waals surface area contributed by atoms with Crippen LogP contribution in [0.1, 0.15) is 142 Å². The molecule has 2 aromatic carbocycles. The fourth-order valence-corrected chi connectivity index (χ4v) is 20.0. The number of esters is 4. The Morgan fingerprint density at radius 2 is 1.38 bits per heavy atom. The molecule has 6 rings (SSSR count). The number of fused-ring (bicyclic) bond motifs is 5. The van der Waals surface area contributed by atoms with Crippen LogP contribution in [0.4, 0.5) is 11.4 Å². The van der Waals surface area contributed by atoms with E-state index in [1.807, 2.05) is 12.1 Å². The molecule has 0 aromatic heterocycles. The van der Waals surface area contributed by atoms with Gasteiger partial charge in [0.1, 0.15) is 18.8 Å². The van der Waals surface area contributed by atoms with Crippen LogP contribution in [-0.4, -0.2) is 49.3 Å². The molecule has 0 bridgehead atoms. The molecule has 68 heavy (non-hydrogen) atoms. The molecule has 0 radical (unpaired) electrons. The van der Waals surface area contributed by atoms with Crippen molar-refractivity contribution in [1.82, 2.24) is 0 Å². The third-order valence-corrected chi connectivity index (χ3v) is 22.2. The average molecular weight is 1610 g/mol. The fraction of sp³-hybridized carbons (Fsp3) is 0.654. The van der Waals surface area contributed by atoms with Crippen LogP contribution in [0.2, 0.25) is 0 Å². The molecule has 3 fully saturated rings. The molecule has 0 spiro atoms. The topological polar surface area (TPSA) is 157 Å². The highest BCUT2D eigenvalue weighted by Gasteiger charge is 2.59. The van der Waals surface area contributed by atoms with Crippen molar-refractivity contribution in [3.63, 3.8) is 0 Å². The van der Waals surface area contributed by atoms with E-state index < -0.39 is 30.0 Å². The normalized spacial score (nSPS) is 26.2. The minimum atomic E-state index is -0.878. The van der Waals surface area contributed by atoms with Crippen molar-refractivity contribution in [1.29, 1.82) is 0 Å². The lowest BCUT2D eigenvalue weighted by Gasteiger charge is -2.58. The number of rotatable bonds is 20. The summed E-state index contributed by atoms with van der Waals surface area (Å²) in [7, 11) is 0. The maximum atomic E-state index is 13.2. The molecular weight excluding hydrogens is 1540 g/mol. The average Bonchev–Trinajstić information content (AvgIpc) is 3.64. The molecule has 4 aliphatic rings. The molecule has 0 saturated heterocycles. The van der Waals surface area contributed by atoms with Gasteiger partial charge in [-0.2, -0.15) is 0 Å². The van der Waals surface area contributed by atoms with Crippen molar-refractivity contribution in [2.75, 3.05) is 24.7 Å². The molecule has 16 heteroatoms.